The Labute approximate surface area is 182 Å². The highest BCUT2D eigenvalue weighted by Crippen LogP contribution is 2.31. The van der Waals surface area contributed by atoms with Gasteiger partial charge in [0.25, 0.3) is 0 Å². The lowest BCUT2D eigenvalue weighted by atomic mass is 10.1. The molecule has 8 heteroatoms. The van der Waals surface area contributed by atoms with Gasteiger partial charge in [-0.1, -0.05) is 18.2 Å². The number of rotatable bonds is 4. The highest BCUT2D eigenvalue weighted by atomic mass is 32.1. The van der Waals surface area contributed by atoms with E-state index in [-0.39, 0.29) is 28.3 Å². The standard InChI is InChI=1S/C23H18FN3O3S/c1-13-8-9-16(10-14(13)2)21-26-19(22(29)30-21)11-17-12-31-23(25-17)27(15(3)28)20-7-5-4-6-18(20)24/h4-12H,1-3H3. The summed E-state index contributed by atoms with van der Waals surface area (Å²) in [6, 6.07) is 11.7. The smallest absolute Gasteiger partial charge is 0.363 e. The van der Waals surface area contributed by atoms with Crippen LogP contribution in [-0.4, -0.2) is 22.8 Å². The molecule has 2 heterocycles. The summed E-state index contributed by atoms with van der Waals surface area (Å²) in [7, 11) is 0. The van der Waals surface area contributed by atoms with Crippen LogP contribution in [0.2, 0.25) is 0 Å². The Hall–Kier alpha value is -3.65. The van der Waals surface area contributed by atoms with E-state index in [0.29, 0.717) is 11.3 Å². The fourth-order valence-electron chi connectivity index (χ4n) is 3.03. The van der Waals surface area contributed by atoms with Gasteiger partial charge in [-0.2, -0.15) is 0 Å². The number of anilines is 2. The Morgan fingerprint density at radius 1 is 1.16 bits per heavy atom. The molecule has 1 aliphatic rings. The lowest BCUT2D eigenvalue weighted by Gasteiger charge is -2.18. The van der Waals surface area contributed by atoms with E-state index in [4.69, 9.17) is 4.74 Å². The van der Waals surface area contributed by atoms with E-state index in [0.717, 1.165) is 22.5 Å². The van der Waals surface area contributed by atoms with Crippen LogP contribution in [0.25, 0.3) is 6.08 Å². The van der Waals surface area contributed by atoms with Gasteiger partial charge in [0.05, 0.1) is 11.4 Å². The number of aryl methyl sites for hydroxylation is 2. The molecule has 0 bridgehead atoms. The maximum atomic E-state index is 14.2. The molecule has 156 valence electrons. The minimum Gasteiger partial charge on any atom is -0.402 e. The summed E-state index contributed by atoms with van der Waals surface area (Å²) in [6.07, 6.45) is 1.48. The number of ether oxygens (including phenoxy) is 1. The molecule has 0 atom stereocenters. The molecule has 31 heavy (non-hydrogen) atoms. The first-order chi connectivity index (χ1) is 14.8. The van der Waals surface area contributed by atoms with Crippen LogP contribution < -0.4 is 4.90 Å². The largest absolute Gasteiger partial charge is 0.402 e. The summed E-state index contributed by atoms with van der Waals surface area (Å²) in [5.74, 6) is -1.27. The van der Waals surface area contributed by atoms with Gasteiger partial charge >= 0.3 is 5.97 Å². The van der Waals surface area contributed by atoms with Gasteiger partial charge in [-0.25, -0.2) is 19.2 Å². The Morgan fingerprint density at radius 2 is 1.94 bits per heavy atom. The van der Waals surface area contributed by atoms with Gasteiger partial charge in [0, 0.05) is 17.9 Å². The molecule has 0 radical (unpaired) electrons. The zero-order valence-corrected chi connectivity index (χ0v) is 17.9. The number of cyclic esters (lactones) is 1. The van der Waals surface area contributed by atoms with Crippen LogP contribution in [-0.2, 0) is 14.3 Å². The Bertz CT molecular complexity index is 1260. The molecule has 0 unspecified atom stereocenters. The zero-order chi connectivity index (χ0) is 22.1. The number of hydrogen-bond acceptors (Lipinski definition) is 6. The van der Waals surface area contributed by atoms with E-state index < -0.39 is 11.8 Å². The molecule has 1 amide bonds. The van der Waals surface area contributed by atoms with E-state index in [9.17, 15) is 14.0 Å². The number of esters is 1. The molecule has 0 spiro atoms. The highest BCUT2D eigenvalue weighted by Gasteiger charge is 2.25. The predicted octanol–water partition coefficient (Wildman–Crippen LogP) is 4.93. The second-order valence-corrected chi connectivity index (χ2v) is 7.83. The topological polar surface area (TPSA) is 71.9 Å². The van der Waals surface area contributed by atoms with Crippen molar-refractivity contribution in [2.75, 3.05) is 4.90 Å². The first-order valence-corrected chi connectivity index (χ1v) is 10.3. The predicted molar refractivity (Wildman–Crippen MR) is 118 cm³/mol. The number of para-hydroxylation sites is 1. The second-order valence-electron chi connectivity index (χ2n) is 7.00. The van der Waals surface area contributed by atoms with Gasteiger partial charge in [0.1, 0.15) is 5.82 Å². The Morgan fingerprint density at radius 3 is 2.65 bits per heavy atom. The third-order valence-corrected chi connectivity index (χ3v) is 5.61. The van der Waals surface area contributed by atoms with Crippen molar-refractivity contribution in [1.29, 1.82) is 0 Å². The molecule has 2 aromatic carbocycles. The van der Waals surface area contributed by atoms with Crippen LogP contribution in [0, 0.1) is 19.7 Å². The first kappa shape index (κ1) is 20.6. The summed E-state index contributed by atoms with van der Waals surface area (Å²) >= 11 is 1.16. The van der Waals surface area contributed by atoms with E-state index in [2.05, 4.69) is 9.98 Å². The molecular formula is C23H18FN3O3S. The molecule has 4 rings (SSSR count). The Balaban J connectivity index is 1.65. The van der Waals surface area contributed by atoms with E-state index >= 15 is 0 Å². The third kappa shape index (κ3) is 4.15. The maximum Gasteiger partial charge on any atom is 0.363 e. The average molecular weight is 435 g/mol. The monoisotopic (exact) mass is 435 g/mol. The van der Waals surface area contributed by atoms with E-state index in [1.54, 1.807) is 17.5 Å². The number of thiazole rings is 1. The van der Waals surface area contributed by atoms with E-state index in [1.807, 2.05) is 32.0 Å². The summed E-state index contributed by atoms with van der Waals surface area (Å²) in [5, 5.41) is 1.95. The third-order valence-electron chi connectivity index (χ3n) is 4.77. The van der Waals surface area contributed by atoms with Crippen molar-refractivity contribution in [3.63, 3.8) is 0 Å². The molecule has 6 nitrogen and oxygen atoms in total. The minimum absolute atomic E-state index is 0.102. The Kier molecular flexibility index (Phi) is 5.48. The summed E-state index contributed by atoms with van der Waals surface area (Å²) in [5.41, 5.74) is 3.53. The van der Waals surface area contributed by atoms with Crippen LogP contribution in [0.15, 0.2) is 58.5 Å². The van der Waals surface area contributed by atoms with Crippen molar-refractivity contribution in [3.8, 4) is 0 Å². The first-order valence-electron chi connectivity index (χ1n) is 9.44. The van der Waals surface area contributed by atoms with Gasteiger partial charge in [-0.15, -0.1) is 11.3 Å². The van der Waals surface area contributed by atoms with Crippen LogP contribution in [0.5, 0.6) is 0 Å². The molecule has 0 N–H and O–H groups in total. The van der Waals surface area contributed by atoms with Gasteiger partial charge in [0.15, 0.2) is 10.8 Å². The molecule has 0 fully saturated rings. The van der Waals surface area contributed by atoms with Crippen molar-refractivity contribution in [2.24, 2.45) is 4.99 Å². The number of benzene rings is 2. The van der Waals surface area contributed by atoms with Gasteiger partial charge < -0.3 is 4.74 Å². The molecule has 1 aliphatic heterocycles. The molecule has 1 aromatic heterocycles. The molecular weight excluding hydrogens is 417 g/mol. The summed E-state index contributed by atoms with van der Waals surface area (Å²) in [4.78, 5) is 34.3. The lowest BCUT2D eigenvalue weighted by Crippen LogP contribution is -2.23. The number of halogens is 1. The number of aliphatic imine (C=N–C) groups is 1. The summed E-state index contributed by atoms with van der Waals surface area (Å²) in [6.45, 7) is 5.30. The van der Waals surface area contributed by atoms with Crippen LogP contribution in [0.3, 0.4) is 0 Å². The normalized spacial score (nSPS) is 14.5. The van der Waals surface area contributed by atoms with Crippen molar-refractivity contribution in [1.82, 2.24) is 4.98 Å². The number of aromatic nitrogens is 1. The van der Waals surface area contributed by atoms with Gasteiger partial charge in [0.2, 0.25) is 11.8 Å². The molecule has 0 saturated carbocycles. The van der Waals surface area contributed by atoms with Crippen molar-refractivity contribution >= 4 is 46.0 Å². The van der Waals surface area contributed by atoms with Crippen molar-refractivity contribution < 1.29 is 18.7 Å². The maximum absolute atomic E-state index is 14.2. The highest BCUT2D eigenvalue weighted by molar-refractivity contribution is 7.14. The summed E-state index contributed by atoms with van der Waals surface area (Å²) < 4.78 is 19.5. The van der Waals surface area contributed by atoms with Crippen LogP contribution in [0.4, 0.5) is 15.2 Å². The lowest BCUT2D eigenvalue weighted by molar-refractivity contribution is -0.130. The molecule has 3 aromatic rings. The number of nitrogens with zero attached hydrogens (tertiary/aromatic N) is 3. The zero-order valence-electron chi connectivity index (χ0n) is 17.0. The average Bonchev–Trinajstić information content (AvgIpc) is 3.33. The second kappa shape index (κ2) is 8.23. The van der Waals surface area contributed by atoms with E-state index in [1.165, 1.54) is 30.0 Å². The minimum atomic E-state index is -0.583. The number of carbonyl (C=O) groups is 2. The van der Waals surface area contributed by atoms with Crippen LogP contribution in [0.1, 0.15) is 29.3 Å². The number of carbonyl (C=O) groups excluding carboxylic acids is 2. The quantitative estimate of drug-likeness (QED) is 0.430. The SMILES string of the molecule is CC(=O)N(c1nc(C=C2N=C(c3ccc(C)c(C)c3)OC2=O)cs1)c1ccccc1F. The number of amides is 1. The van der Waals surface area contributed by atoms with Crippen molar-refractivity contribution in [2.45, 2.75) is 20.8 Å². The number of hydrogen-bond donors (Lipinski definition) is 0. The molecule has 0 aliphatic carbocycles. The fraction of sp³-hybridized carbons (Fsp3) is 0.130. The molecule has 0 saturated heterocycles. The fourth-order valence-corrected chi connectivity index (χ4v) is 3.87. The van der Waals surface area contributed by atoms with Gasteiger partial charge in [-0.3, -0.25) is 9.69 Å². The van der Waals surface area contributed by atoms with Crippen molar-refractivity contribution in [3.05, 3.63) is 81.7 Å². The van der Waals surface area contributed by atoms with Crippen LogP contribution >= 0.6 is 11.3 Å². The van der Waals surface area contributed by atoms with Gasteiger partial charge in [-0.05, 0) is 55.3 Å².